The fourth-order valence-electron chi connectivity index (χ4n) is 2.03. The molecular weight excluding hydrogens is 216 g/mol. The quantitative estimate of drug-likeness (QED) is 0.839. The lowest BCUT2D eigenvalue weighted by molar-refractivity contribution is 0.184. The highest BCUT2D eigenvalue weighted by molar-refractivity contribution is 5.12. The maximum Gasteiger partial charge on any atom is 0.316 e. The third kappa shape index (κ3) is 3.14. The van der Waals surface area contributed by atoms with E-state index in [1.165, 1.54) is 0 Å². The SMILES string of the molecule is CCOc1ncc(C(C)N2CCNCC2)cn1. The first-order chi connectivity index (χ1) is 8.31. The average molecular weight is 236 g/mol. The summed E-state index contributed by atoms with van der Waals surface area (Å²) >= 11 is 0. The molecule has 0 bridgehead atoms. The molecule has 0 spiro atoms. The largest absolute Gasteiger partial charge is 0.464 e. The van der Waals surface area contributed by atoms with Gasteiger partial charge in [-0.15, -0.1) is 0 Å². The molecule has 1 fully saturated rings. The summed E-state index contributed by atoms with van der Waals surface area (Å²) in [5.74, 6) is 0. The monoisotopic (exact) mass is 236 g/mol. The lowest BCUT2D eigenvalue weighted by atomic mass is 10.1. The van der Waals surface area contributed by atoms with Gasteiger partial charge in [-0.1, -0.05) is 0 Å². The van der Waals surface area contributed by atoms with Gasteiger partial charge in [0.1, 0.15) is 0 Å². The van der Waals surface area contributed by atoms with Crippen LogP contribution < -0.4 is 10.1 Å². The van der Waals surface area contributed by atoms with E-state index in [9.17, 15) is 0 Å². The molecule has 0 saturated carbocycles. The van der Waals surface area contributed by atoms with Gasteiger partial charge in [0.25, 0.3) is 0 Å². The Kier molecular flexibility index (Phi) is 4.28. The van der Waals surface area contributed by atoms with Crippen molar-refractivity contribution in [1.29, 1.82) is 0 Å². The van der Waals surface area contributed by atoms with Gasteiger partial charge >= 0.3 is 6.01 Å². The predicted octanol–water partition coefficient (Wildman–Crippen LogP) is 0.841. The fraction of sp³-hybridized carbons (Fsp3) is 0.667. The van der Waals surface area contributed by atoms with Crippen LogP contribution in [0.3, 0.4) is 0 Å². The molecule has 1 saturated heterocycles. The van der Waals surface area contributed by atoms with Crippen LogP contribution in [0.25, 0.3) is 0 Å². The standard InChI is InChI=1S/C12H20N4O/c1-3-17-12-14-8-11(9-15-12)10(2)16-6-4-13-5-7-16/h8-10,13H,3-7H2,1-2H3. The molecule has 0 aromatic carbocycles. The van der Waals surface area contributed by atoms with Gasteiger partial charge in [-0.05, 0) is 13.8 Å². The van der Waals surface area contributed by atoms with Crippen molar-refractivity contribution < 1.29 is 4.74 Å². The maximum atomic E-state index is 5.24. The molecule has 1 aliphatic heterocycles. The Morgan fingerprint density at radius 2 is 2.00 bits per heavy atom. The second kappa shape index (κ2) is 5.93. The molecule has 0 aliphatic carbocycles. The number of nitrogens with one attached hydrogen (secondary N) is 1. The Morgan fingerprint density at radius 1 is 1.35 bits per heavy atom. The van der Waals surface area contributed by atoms with E-state index in [1.807, 2.05) is 19.3 Å². The highest BCUT2D eigenvalue weighted by Gasteiger charge is 2.18. The van der Waals surface area contributed by atoms with E-state index in [2.05, 4.69) is 27.1 Å². The minimum Gasteiger partial charge on any atom is -0.464 e. The Bertz CT molecular complexity index is 335. The second-order valence-electron chi connectivity index (χ2n) is 4.19. The van der Waals surface area contributed by atoms with Crippen LogP contribution >= 0.6 is 0 Å². The van der Waals surface area contributed by atoms with Crippen molar-refractivity contribution in [2.75, 3.05) is 32.8 Å². The van der Waals surface area contributed by atoms with E-state index in [0.717, 1.165) is 31.7 Å². The van der Waals surface area contributed by atoms with Crippen LogP contribution in [0.5, 0.6) is 6.01 Å². The van der Waals surface area contributed by atoms with E-state index < -0.39 is 0 Å². The third-order valence-corrected chi connectivity index (χ3v) is 3.10. The summed E-state index contributed by atoms with van der Waals surface area (Å²) in [5.41, 5.74) is 1.15. The van der Waals surface area contributed by atoms with Crippen LogP contribution in [0.2, 0.25) is 0 Å². The van der Waals surface area contributed by atoms with E-state index in [1.54, 1.807) is 0 Å². The molecule has 1 aromatic rings. The summed E-state index contributed by atoms with van der Waals surface area (Å²) in [7, 11) is 0. The number of hydrogen-bond acceptors (Lipinski definition) is 5. The van der Waals surface area contributed by atoms with Crippen LogP contribution in [-0.2, 0) is 0 Å². The molecule has 17 heavy (non-hydrogen) atoms. The van der Waals surface area contributed by atoms with Gasteiger partial charge < -0.3 is 10.1 Å². The van der Waals surface area contributed by atoms with Crippen LogP contribution in [0.15, 0.2) is 12.4 Å². The Hall–Kier alpha value is -1.20. The minimum absolute atomic E-state index is 0.368. The summed E-state index contributed by atoms with van der Waals surface area (Å²) in [5, 5.41) is 3.35. The first kappa shape index (κ1) is 12.3. The lowest BCUT2D eigenvalue weighted by Crippen LogP contribution is -2.44. The zero-order valence-corrected chi connectivity index (χ0v) is 10.5. The number of hydrogen-bond donors (Lipinski definition) is 1. The molecule has 1 aliphatic rings. The molecule has 1 atom stereocenters. The van der Waals surface area contributed by atoms with Gasteiger partial charge in [-0.3, -0.25) is 4.90 Å². The van der Waals surface area contributed by atoms with Crippen molar-refractivity contribution in [2.45, 2.75) is 19.9 Å². The van der Waals surface area contributed by atoms with Gasteiger partial charge in [0.15, 0.2) is 0 Å². The molecule has 5 heteroatoms. The lowest BCUT2D eigenvalue weighted by Gasteiger charge is -2.32. The van der Waals surface area contributed by atoms with E-state index in [-0.39, 0.29) is 0 Å². The molecule has 2 heterocycles. The van der Waals surface area contributed by atoms with Crippen molar-refractivity contribution in [3.8, 4) is 6.01 Å². The molecule has 1 aromatic heterocycles. The van der Waals surface area contributed by atoms with Crippen LogP contribution in [0, 0.1) is 0 Å². The summed E-state index contributed by atoms with van der Waals surface area (Å²) in [6.45, 7) is 9.00. The van der Waals surface area contributed by atoms with Crippen molar-refractivity contribution >= 4 is 0 Å². The number of nitrogens with zero attached hydrogens (tertiary/aromatic N) is 3. The van der Waals surface area contributed by atoms with Gasteiger partial charge in [0.2, 0.25) is 0 Å². The van der Waals surface area contributed by atoms with Crippen LogP contribution in [0.4, 0.5) is 0 Å². The highest BCUT2D eigenvalue weighted by atomic mass is 16.5. The first-order valence-electron chi connectivity index (χ1n) is 6.20. The van der Waals surface area contributed by atoms with E-state index in [0.29, 0.717) is 18.7 Å². The average Bonchev–Trinajstić information content (AvgIpc) is 2.40. The summed E-state index contributed by atoms with van der Waals surface area (Å²) < 4.78 is 5.24. The molecule has 0 radical (unpaired) electrons. The smallest absolute Gasteiger partial charge is 0.316 e. The first-order valence-corrected chi connectivity index (χ1v) is 6.20. The molecule has 94 valence electrons. The van der Waals surface area contributed by atoms with Gasteiger partial charge in [-0.2, -0.15) is 0 Å². The summed E-state index contributed by atoms with van der Waals surface area (Å²) in [6.07, 6.45) is 3.73. The molecule has 5 nitrogen and oxygen atoms in total. The number of rotatable bonds is 4. The molecule has 1 unspecified atom stereocenters. The number of aromatic nitrogens is 2. The maximum absolute atomic E-state index is 5.24. The number of piperazine rings is 1. The molecular formula is C12H20N4O. The van der Waals surface area contributed by atoms with Gasteiger partial charge in [0.05, 0.1) is 6.61 Å². The minimum atomic E-state index is 0.368. The summed E-state index contributed by atoms with van der Waals surface area (Å²) in [4.78, 5) is 10.9. The molecule has 1 N–H and O–H groups in total. The number of ether oxygens (including phenoxy) is 1. The molecule has 0 amide bonds. The van der Waals surface area contributed by atoms with Crippen LogP contribution in [0.1, 0.15) is 25.5 Å². The third-order valence-electron chi connectivity index (χ3n) is 3.10. The van der Waals surface area contributed by atoms with Gasteiger partial charge in [0, 0.05) is 50.2 Å². The Balaban J connectivity index is 2.00. The van der Waals surface area contributed by atoms with Crippen molar-refractivity contribution in [1.82, 2.24) is 20.2 Å². The van der Waals surface area contributed by atoms with Gasteiger partial charge in [-0.25, -0.2) is 9.97 Å². The zero-order chi connectivity index (χ0) is 12.1. The van der Waals surface area contributed by atoms with E-state index >= 15 is 0 Å². The van der Waals surface area contributed by atoms with E-state index in [4.69, 9.17) is 4.74 Å². The zero-order valence-electron chi connectivity index (χ0n) is 10.5. The summed E-state index contributed by atoms with van der Waals surface area (Å²) in [6, 6.07) is 0.830. The van der Waals surface area contributed by atoms with Crippen molar-refractivity contribution in [2.24, 2.45) is 0 Å². The fourth-order valence-corrected chi connectivity index (χ4v) is 2.03. The normalized spacial score (nSPS) is 18.9. The highest BCUT2D eigenvalue weighted by Crippen LogP contribution is 2.19. The van der Waals surface area contributed by atoms with Crippen molar-refractivity contribution in [3.63, 3.8) is 0 Å². The van der Waals surface area contributed by atoms with Crippen molar-refractivity contribution in [3.05, 3.63) is 18.0 Å². The van der Waals surface area contributed by atoms with Crippen LogP contribution in [-0.4, -0.2) is 47.7 Å². The Labute approximate surface area is 102 Å². The Morgan fingerprint density at radius 3 is 2.59 bits per heavy atom. The second-order valence-corrected chi connectivity index (χ2v) is 4.19. The predicted molar refractivity (Wildman–Crippen MR) is 66.1 cm³/mol. The molecule has 2 rings (SSSR count). The topological polar surface area (TPSA) is 50.3 Å².